The van der Waals surface area contributed by atoms with E-state index in [1.807, 2.05) is 60.9 Å². The van der Waals surface area contributed by atoms with Gasteiger partial charge < -0.3 is 10.1 Å². The van der Waals surface area contributed by atoms with Gasteiger partial charge in [-0.2, -0.15) is 0 Å². The highest BCUT2D eigenvalue weighted by molar-refractivity contribution is 7.98. The monoisotopic (exact) mass is 526 g/mol. The van der Waals surface area contributed by atoms with Gasteiger partial charge in [0.25, 0.3) is 5.91 Å². The van der Waals surface area contributed by atoms with Crippen molar-refractivity contribution in [1.82, 2.24) is 20.1 Å². The largest absolute Gasteiger partial charge is 0.497 e. The highest BCUT2D eigenvalue weighted by Gasteiger charge is 2.23. The Kier molecular flexibility index (Phi) is 8.00. The lowest BCUT2D eigenvalue weighted by molar-refractivity contribution is 0.0937. The van der Waals surface area contributed by atoms with Gasteiger partial charge in [0, 0.05) is 16.3 Å². The molecule has 6 nitrogen and oxygen atoms in total. The minimum atomic E-state index is -0.448. The number of hydrogen-bond acceptors (Lipinski definition) is 5. The van der Waals surface area contributed by atoms with E-state index < -0.39 is 6.04 Å². The van der Waals surface area contributed by atoms with Crippen LogP contribution in [0.2, 0.25) is 10.0 Å². The number of nitrogens with one attached hydrogen (secondary N) is 1. The quantitative estimate of drug-likeness (QED) is 0.259. The molecule has 0 spiro atoms. The zero-order chi connectivity index (χ0) is 24.9. The Morgan fingerprint density at radius 3 is 2.66 bits per heavy atom. The number of benzene rings is 3. The number of aryl methyl sites for hydroxylation is 1. The summed E-state index contributed by atoms with van der Waals surface area (Å²) in [6.45, 7) is 3.77. The molecule has 0 radical (unpaired) electrons. The lowest BCUT2D eigenvalue weighted by atomic mass is 10.1. The Bertz CT molecular complexity index is 1360. The smallest absolute Gasteiger partial charge is 0.252 e. The Balaban J connectivity index is 1.67. The molecule has 9 heteroatoms. The van der Waals surface area contributed by atoms with Crippen molar-refractivity contribution >= 4 is 40.9 Å². The molecule has 0 aliphatic rings. The van der Waals surface area contributed by atoms with Crippen LogP contribution in [0.3, 0.4) is 0 Å². The fraction of sp³-hybridized carbons (Fsp3) is 0.192. The predicted molar refractivity (Wildman–Crippen MR) is 141 cm³/mol. The minimum Gasteiger partial charge on any atom is -0.497 e. The third kappa shape index (κ3) is 5.81. The second-order valence-electron chi connectivity index (χ2n) is 7.92. The molecule has 1 N–H and O–H groups in total. The van der Waals surface area contributed by atoms with E-state index >= 15 is 0 Å². The Labute approximate surface area is 218 Å². The van der Waals surface area contributed by atoms with E-state index in [1.165, 1.54) is 11.8 Å². The van der Waals surface area contributed by atoms with Crippen molar-refractivity contribution in [2.24, 2.45) is 0 Å². The van der Waals surface area contributed by atoms with Crippen molar-refractivity contribution in [3.05, 3.63) is 99.3 Å². The SMILES string of the molecule is COc1cccc(CSc2nnc(C(C)NC(=O)c3ccccc3C)n2-c2cc(Cl)ccc2Cl)c1. The van der Waals surface area contributed by atoms with Gasteiger partial charge in [0.1, 0.15) is 5.75 Å². The normalized spacial score (nSPS) is 11.8. The van der Waals surface area contributed by atoms with E-state index in [1.54, 1.807) is 31.4 Å². The van der Waals surface area contributed by atoms with Crippen LogP contribution in [-0.2, 0) is 5.75 Å². The van der Waals surface area contributed by atoms with Crippen molar-refractivity contribution in [2.45, 2.75) is 30.8 Å². The maximum absolute atomic E-state index is 13.0. The molecular formula is C26H24Cl2N4O2S. The van der Waals surface area contributed by atoms with Gasteiger partial charge >= 0.3 is 0 Å². The maximum Gasteiger partial charge on any atom is 0.252 e. The number of amides is 1. The van der Waals surface area contributed by atoms with Gasteiger partial charge in [-0.25, -0.2) is 0 Å². The number of halogens is 2. The summed E-state index contributed by atoms with van der Waals surface area (Å²) in [6.07, 6.45) is 0. The lowest BCUT2D eigenvalue weighted by Crippen LogP contribution is -2.29. The van der Waals surface area contributed by atoms with Gasteiger partial charge in [-0.3, -0.25) is 9.36 Å². The first-order valence-electron chi connectivity index (χ1n) is 10.9. The molecule has 0 saturated carbocycles. The topological polar surface area (TPSA) is 69.0 Å². The predicted octanol–water partition coefficient (Wildman–Crippen LogP) is 6.67. The lowest BCUT2D eigenvalue weighted by Gasteiger charge is -2.18. The van der Waals surface area contributed by atoms with Gasteiger partial charge in [-0.1, -0.05) is 65.3 Å². The van der Waals surface area contributed by atoms with Crippen LogP contribution < -0.4 is 10.1 Å². The molecule has 3 aromatic carbocycles. The molecule has 1 heterocycles. The molecule has 1 atom stereocenters. The number of nitrogens with zero attached hydrogens (tertiary/aromatic N) is 3. The second kappa shape index (κ2) is 11.2. The van der Waals surface area contributed by atoms with Crippen molar-refractivity contribution in [1.29, 1.82) is 0 Å². The van der Waals surface area contributed by atoms with Gasteiger partial charge in [-0.05, 0) is 61.4 Å². The molecule has 180 valence electrons. The summed E-state index contributed by atoms with van der Waals surface area (Å²) in [7, 11) is 1.64. The standard InChI is InChI=1S/C26H24Cl2N4O2S/c1-16-7-4-5-10-21(16)25(33)29-17(2)24-30-31-26(32(24)23-14-19(27)11-12-22(23)28)35-15-18-8-6-9-20(13-18)34-3/h4-14,17H,15H2,1-3H3,(H,29,33). The number of ether oxygens (including phenoxy) is 1. The van der Waals surface area contributed by atoms with Crippen LogP contribution in [0.4, 0.5) is 0 Å². The van der Waals surface area contributed by atoms with E-state index in [0.29, 0.717) is 38.0 Å². The number of methoxy groups -OCH3 is 1. The highest BCUT2D eigenvalue weighted by atomic mass is 35.5. The first-order valence-corrected chi connectivity index (χ1v) is 12.6. The summed E-state index contributed by atoms with van der Waals surface area (Å²) in [5.74, 6) is 1.78. The minimum absolute atomic E-state index is 0.187. The molecule has 1 amide bonds. The second-order valence-corrected chi connectivity index (χ2v) is 9.71. The molecule has 1 unspecified atom stereocenters. The molecule has 0 saturated heterocycles. The number of carbonyl (C=O) groups is 1. The number of thioether (sulfide) groups is 1. The van der Waals surface area contributed by atoms with Crippen LogP contribution in [0.15, 0.2) is 71.9 Å². The summed E-state index contributed by atoms with van der Waals surface area (Å²) >= 11 is 14.4. The first-order chi connectivity index (χ1) is 16.9. The van der Waals surface area contributed by atoms with Gasteiger partial charge in [0.2, 0.25) is 0 Å². The van der Waals surface area contributed by atoms with Crippen molar-refractivity contribution in [2.75, 3.05) is 7.11 Å². The molecule has 35 heavy (non-hydrogen) atoms. The van der Waals surface area contributed by atoms with Crippen molar-refractivity contribution in [3.8, 4) is 11.4 Å². The van der Waals surface area contributed by atoms with E-state index in [-0.39, 0.29) is 5.91 Å². The van der Waals surface area contributed by atoms with Crippen LogP contribution in [0, 0.1) is 6.92 Å². The molecule has 0 fully saturated rings. The first kappa shape index (κ1) is 25.1. The molecule has 0 aliphatic heterocycles. The van der Waals surface area contributed by atoms with Crippen LogP contribution in [0.1, 0.15) is 40.3 Å². The third-order valence-electron chi connectivity index (χ3n) is 5.43. The van der Waals surface area contributed by atoms with Gasteiger partial charge in [-0.15, -0.1) is 10.2 Å². The summed E-state index contributed by atoms with van der Waals surface area (Å²) in [5.41, 5.74) is 3.22. The van der Waals surface area contributed by atoms with Crippen LogP contribution in [-0.4, -0.2) is 27.8 Å². The van der Waals surface area contributed by atoms with E-state index in [9.17, 15) is 4.79 Å². The van der Waals surface area contributed by atoms with Crippen LogP contribution >= 0.6 is 35.0 Å². The average molecular weight is 527 g/mol. The fourth-order valence-electron chi connectivity index (χ4n) is 3.62. The van der Waals surface area contributed by atoms with Gasteiger partial charge in [0.15, 0.2) is 11.0 Å². The molecule has 1 aromatic heterocycles. The average Bonchev–Trinajstić information content (AvgIpc) is 3.28. The molecular weight excluding hydrogens is 503 g/mol. The summed E-state index contributed by atoms with van der Waals surface area (Å²) in [5, 5.41) is 13.6. The Morgan fingerprint density at radius 1 is 1.09 bits per heavy atom. The van der Waals surface area contributed by atoms with Crippen LogP contribution in [0.25, 0.3) is 5.69 Å². The molecule has 0 bridgehead atoms. The number of carbonyl (C=O) groups excluding carboxylic acids is 1. The number of rotatable bonds is 8. The summed E-state index contributed by atoms with van der Waals surface area (Å²) in [4.78, 5) is 13.0. The van der Waals surface area contributed by atoms with E-state index in [4.69, 9.17) is 27.9 Å². The number of hydrogen-bond donors (Lipinski definition) is 1. The molecule has 4 aromatic rings. The van der Waals surface area contributed by atoms with Gasteiger partial charge in [0.05, 0.1) is 23.9 Å². The third-order valence-corrected chi connectivity index (χ3v) is 6.99. The van der Waals surface area contributed by atoms with Crippen molar-refractivity contribution in [3.63, 3.8) is 0 Å². The Morgan fingerprint density at radius 2 is 1.89 bits per heavy atom. The van der Waals surface area contributed by atoms with E-state index in [2.05, 4.69) is 15.5 Å². The maximum atomic E-state index is 13.0. The fourth-order valence-corrected chi connectivity index (χ4v) is 4.88. The summed E-state index contributed by atoms with van der Waals surface area (Å²) < 4.78 is 7.18. The zero-order valence-corrected chi connectivity index (χ0v) is 21.8. The zero-order valence-electron chi connectivity index (χ0n) is 19.5. The molecule has 4 rings (SSSR count). The number of aromatic nitrogens is 3. The Hall–Kier alpha value is -3.00. The van der Waals surface area contributed by atoms with Crippen LogP contribution in [0.5, 0.6) is 5.75 Å². The molecule has 0 aliphatic carbocycles. The van der Waals surface area contributed by atoms with E-state index in [0.717, 1.165) is 16.9 Å². The highest BCUT2D eigenvalue weighted by Crippen LogP contribution is 2.33. The summed E-state index contributed by atoms with van der Waals surface area (Å²) in [6, 6.07) is 20.1. The van der Waals surface area contributed by atoms with Crippen molar-refractivity contribution < 1.29 is 9.53 Å².